The van der Waals surface area contributed by atoms with Gasteiger partial charge >= 0.3 is 0 Å². The first-order valence-electron chi connectivity index (χ1n) is 8.25. The van der Waals surface area contributed by atoms with Crippen molar-refractivity contribution in [2.45, 2.75) is 26.7 Å². The van der Waals surface area contributed by atoms with Crippen molar-refractivity contribution < 1.29 is 13.9 Å². The van der Waals surface area contributed by atoms with E-state index in [0.717, 1.165) is 18.4 Å². The predicted octanol–water partition coefficient (Wildman–Crippen LogP) is 4.21. The van der Waals surface area contributed by atoms with E-state index < -0.39 is 0 Å². The first-order chi connectivity index (χ1) is 12.6. The maximum atomic E-state index is 9.09. The Bertz CT molecular complexity index is 834. The third-order valence-corrected chi connectivity index (χ3v) is 3.42. The summed E-state index contributed by atoms with van der Waals surface area (Å²) in [5.41, 5.74) is 4.24. The van der Waals surface area contributed by atoms with Gasteiger partial charge in [-0.2, -0.15) is 15.3 Å². The van der Waals surface area contributed by atoms with Crippen LogP contribution >= 0.6 is 0 Å². The number of anilines is 1. The lowest BCUT2D eigenvalue weighted by Crippen LogP contribution is -1.99. The third-order valence-electron chi connectivity index (χ3n) is 3.42. The van der Waals surface area contributed by atoms with Gasteiger partial charge in [-0.1, -0.05) is 19.9 Å². The molecule has 7 nitrogen and oxygen atoms in total. The van der Waals surface area contributed by atoms with E-state index in [9.17, 15) is 0 Å². The molecule has 0 bridgehead atoms. The molecular formula is C19H22N4O3. The Morgan fingerprint density at radius 2 is 2.27 bits per heavy atom. The highest BCUT2D eigenvalue weighted by Crippen LogP contribution is 2.28. The second-order valence-corrected chi connectivity index (χ2v) is 5.57. The van der Waals surface area contributed by atoms with E-state index in [-0.39, 0.29) is 11.6 Å². The Balaban J connectivity index is 2.08. The van der Waals surface area contributed by atoms with Gasteiger partial charge in [0.25, 0.3) is 5.88 Å². The lowest BCUT2D eigenvalue weighted by atomic mass is 10.2. The topological polar surface area (TPSA) is 92.7 Å². The van der Waals surface area contributed by atoms with Crippen molar-refractivity contribution in [2.75, 3.05) is 19.1 Å². The van der Waals surface area contributed by atoms with Gasteiger partial charge in [0.05, 0.1) is 19.9 Å². The summed E-state index contributed by atoms with van der Waals surface area (Å²) in [7, 11) is 1.59. The number of benzene rings is 1. The number of ether oxygens (including phenoxy) is 2. The van der Waals surface area contributed by atoms with Gasteiger partial charge in [0.2, 0.25) is 11.6 Å². The standard InChI is InChI=1S/C19H22N4O3/c1-5-6-9-25-16-8-7-14(10-17(16)24-4)12-21-23-19-15(11-20)22-18(26-19)13(2)3/h7-8,10,12,23H,2,5-6,9H2,1,3-4H3/b21-12-. The van der Waals surface area contributed by atoms with Crippen molar-refractivity contribution in [3.63, 3.8) is 0 Å². The molecule has 2 aromatic rings. The third kappa shape index (κ3) is 4.86. The molecule has 2 rings (SSSR count). The van der Waals surface area contributed by atoms with E-state index in [1.54, 1.807) is 20.2 Å². The van der Waals surface area contributed by atoms with Gasteiger partial charge in [0.1, 0.15) is 6.07 Å². The molecule has 0 aliphatic rings. The van der Waals surface area contributed by atoms with E-state index in [0.29, 0.717) is 29.6 Å². The van der Waals surface area contributed by atoms with Crippen LogP contribution in [0.4, 0.5) is 5.88 Å². The SMILES string of the molecule is C=C(C)c1nc(C#N)c(N/N=C\c2ccc(OCCCC)c(OC)c2)o1. The molecule has 0 aliphatic carbocycles. The summed E-state index contributed by atoms with van der Waals surface area (Å²) in [5.74, 6) is 1.80. The van der Waals surface area contributed by atoms with Crippen LogP contribution in [0.25, 0.3) is 5.57 Å². The second kappa shape index (κ2) is 9.28. The Labute approximate surface area is 152 Å². The van der Waals surface area contributed by atoms with Crippen molar-refractivity contribution in [1.29, 1.82) is 5.26 Å². The van der Waals surface area contributed by atoms with Crippen molar-refractivity contribution in [1.82, 2.24) is 4.98 Å². The van der Waals surface area contributed by atoms with Crippen LogP contribution in [-0.2, 0) is 0 Å². The number of nitrogens with one attached hydrogen (secondary N) is 1. The average molecular weight is 354 g/mol. The number of hydrazone groups is 1. The molecule has 0 saturated carbocycles. The second-order valence-electron chi connectivity index (χ2n) is 5.57. The molecule has 1 aromatic heterocycles. The minimum Gasteiger partial charge on any atom is -0.493 e. The van der Waals surface area contributed by atoms with Gasteiger partial charge < -0.3 is 13.9 Å². The normalized spacial score (nSPS) is 10.5. The zero-order valence-electron chi connectivity index (χ0n) is 15.2. The highest BCUT2D eigenvalue weighted by molar-refractivity contribution is 5.81. The fourth-order valence-corrected chi connectivity index (χ4v) is 2.03. The molecule has 0 fully saturated rings. The maximum Gasteiger partial charge on any atom is 0.252 e. The molecule has 0 radical (unpaired) electrons. The molecule has 0 amide bonds. The fourth-order valence-electron chi connectivity index (χ4n) is 2.03. The van der Waals surface area contributed by atoms with Crippen LogP contribution in [0.15, 0.2) is 34.3 Å². The Kier molecular flexibility index (Phi) is 6.80. The Hall–Kier alpha value is -3.27. The summed E-state index contributed by atoms with van der Waals surface area (Å²) in [6, 6.07) is 7.47. The van der Waals surface area contributed by atoms with E-state index in [4.69, 9.17) is 19.2 Å². The van der Waals surface area contributed by atoms with Crippen molar-refractivity contribution in [3.8, 4) is 17.6 Å². The van der Waals surface area contributed by atoms with Crippen LogP contribution in [-0.4, -0.2) is 24.9 Å². The Morgan fingerprint density at radius 3 is 2.92 bits per heavy atom. The molecule has 7 heteroatoms. The van der Waals surface area contributed by atoms with Crippen LogP contribution in [0.2, 0.25) is 0 Å². The largest absolute Gasteiger partial charge is 0.493 e. The van der Waals surface area contributed by atoms with E-state index in [2.05, 4.69) is 29.0 Å². The fraction of sp³-hybridized carbons (Fsp3) is 0.316. The van der Waals surface area contributed by atoms with Crippen LogP contribution in [0.1, 0.15) is 43.8 Å². The number of methoxy groups -OCH3 is 1. The van der Waals surface area contributed by atoms with Gasteiger partial charge in [-0.15, -0.1) is 0 Å². The van der Waals surface area contributed by atoms with Crippen molar-refractivity contribution in [3.05, 3.63) is 41.9 Å². The summed E-state index contributed by atoms with van der Waals surface area (Å²) in [4.78, 5) is 4.03. The molecule has 0 unspecified atom stereocenters. The summed E-state index contributed by atoms with van der Waals surface area (Å²) in [6.07, 6.45) is 3.64. The van der Waals surface area contributed by atoms with Gasteiger partial charge in [0.15, 0.2) is 11.5 Å². The molecule has 0 atom stereocenters. The smallest absolute Gasteiger partial charge is 0.252 e. The molecule has 136 valence electrons. The number of nitriles is 1. The summed E-state index contributed by atoms with van der Waals surface area (Å²) >= 11 is 0. The lowest BCUT2D eigenvalue weighted by Gasteiger charge is -2.10. The van der Waals surface area contributed by atoms with E-state index >= 15 is 0 Å². The van der Waals surface area contributed by atoms with Crippen LogP contribution in [0.3, 0.4) is 0 Å². The van der Waals surface area contributed by atoms with Crippen LogP contribution < -0.4 is 14.9 Å². The summed E-state index contributed by atoms with van der Waals surface area (Å²) < 4.78 is 16.5. The van der Waals surface area contributed by atoms with E-state index in [1.807, 2.05) is 24.3 Å². The minimum atomic E-state index is 0.123. The molecule has 1 N–H and O–H groups in total. The highest BCUT2D eigenvalue weighted by atomic mass is 16.5. The lowest BCUT2D eigenvalue weighted by molar-refractivity contribution is 0.288. The van der Waals surface area contributed by atoms with Crippen LogP contribution in [0, 0.1) is 11.3 Å². The number of unbranched alkanes of at least 4 members (excludes halogenated alkanes) is 1. The first-order valence-corrected chi connectivity index (χ1v) is 8.25. The average Bonchev–Trinajstić information content (AvgIpc) is 3.06. The highest BCUT2D eigenvalue weighted by Gasteiger charge is 2.12. The first kappa shape index (κ1) is 19.1. The Morgan fingerprint density at radius 1 is 1.46 bits per heavy atom. The predicted molar refractivity (Wildman–Crippen MR) is 101 cm³/mol. The zero-order valence-corrected chi connectivity index (χ0v) is 15.2. The van der Waals surface area contributed by atoms with E-state index in [1.165, 1.54) is 0 Å². The molecule has 0 spiro atoms. The molecular weight excluding hydrogens is 332 g/mol. The molecule has 0 aliphatic heterocycles. The van der Waals surface area contributed by atoms with Crippen molar-refractivity contribution >= 4 is 17.7 Å². The molecule has 1 aromatic carbocycles. The number of nitrogens with zero attached hydrogens (tertiary/aromatic N) is 3. The number of hydrogen-bond donors (Lipinski definition) is 1. The monoisotopic (exact) mass is 354 g/mol. The minimum absolute atomic E-state index is 0.123. The number of aromatic nitrogens is 1. The van der Waals surface area contributed by atoms with Gasteiger partial charge in [0, 0.05) is 5.57 Å². The zero-order chi connectivity index (χ0) is 18.9. The summed E-state index contributed by atoms with van der Waals surface area (Å²) in [5, 5.41) is 13.2. The van der Waals surface area contributed by atoms with Crippen LogP contribution in [0.5, 0.6) is 11.5 Å². The van der Waals surface area contributed by atoms with Gasteiger partial charge in [-0.3, -0.25) is 0 Å². The van der Waals surface area contributed by atoms with Gasteiger partial charge in [-0.25, -0.2) is 5.43 Å². The number of rotatable bonds is 9. The number of oxazole rings is 1. The molecule has 26 heavy (non-hydrogen) atoms. The summed E-state index contributed by atoms with van der Waals surface area (Å²) in [6.45, 7) is 8.24. The quantitative estimate of drug-likeness (QED) is 0.412. The van der Waals surface area contributed by atoms with Crippen molar-refractivity contribution in [2.24, 2.45) is 5.10 Å². The maximum absolute atomic E-state index is 9.09. The molecule has 1 heterocycles. The number of hydrogen-bond acceptors (Lipinski definition) is 7. The van der Waals surface area contributed by atoms with Gasteiger partial charge in [-0.05, 0) is 37.1 Å². The number of allylic oxidation sites excluding steroid dienone is 1. The molecule has 0 saturated heterocycles.